The number of hydrogen-bond donors (Lipinski definition) is 1. The first-order chi connectivity index (χ1) is 5.77. The van der Waals surface area contributed by atoms with Crippen molar-refractivity contribution in [1.29, 1.82) is 0 Å². The van der Waals surface area contributed by atoms with Crippen LogP contribution >= 0.6 is 0 Å². The summed E-state index contributed by atoms with van der Waals surface area (Å²) in [5.41, 5.74) is 6.78. The maximum Gasteiger partial charge on any atom is 0.153 e. The van der Waals surface area contributed by atoms with Crippen LogP contribution in [0.3, 0.4) is 0 Å². The molecule has 0 saturated carbocycles. The second-order valence-corrected chi connectivity index (χ2v) is 2.99. The summed E-state index contributed by atoms with van der Waals surface area (Å²) in [5, 5.41) is 3.92. The Bertz CT molecular complexity index is 232. The zero-order valence-corrected chi connectivity index (χ0v) is 7.71. The fourth-order valence-corrected chi connectivity index (χ4v) is 1.08. The second kappa shape index (κ2) is 4.26. The van der Waals surface area contributed by atoms with E-state index in [1.165, 1.54) is 0 Å². The van der Waals surface area contributed by atoms with Gasteiger partial charge in [0.25, 0.3) is 0 Å². The molecule has 1 aromatic rings. The van der Waals surface area contributed by atoms with Crippen molar-refractivity contribution >= 4 is 0 Å². The van der Waals surface area contributed by atoms with Gasteiger partial charge in [-0.2, -0.15) is 0 Å². The number of nitrogens with two attached hydrogens (primary N) is 1. The van der Waals surface area contributed by atoms with Crippen LogP contribution in [0.5, 0.6) is 0 Å². The predicted molar refractivity (Wildman–Crippen MR) is 47.7 cm³/mol. The molecule has 0 fully saturated rings. The van der Waals surface area contributed by atoms with Gasteiger partial charge in [-0.05, 0) is 12.8 Å². The minimum Gasteiger partial charge on any atom is -0.359 e. The van der Waals surface area contributed by atoms with E-state index in [-0.39, 0.29) is 6.04 Å². The van der Waals surface area contributed by atoms with E-state index in [0.29, 0.717) is 0 Å². The molecule has 0 aliphatic rings. The van der Waals surface area contributed by atoms with Gasteiger partial charge in [-0.3, -0.25) is 0 Å². The van der Waals surface area contributed by atoms with Crippen LogP contribution in [0.15, 0.2) is 10.6 Å². The monoisotopic (exact) mass is 168 g/mol. The van der Waals surface area contributed by atoms with Crippen molar-refractivity contribution in [2.75, 3.05) is 0 Å². The van der Waals surface area contributed by atoms with Crippen molar-refractivity contribution in [2.45, 2.75) is 39.2 Å². The molecule has 68 valence electrons. The van der Waals surface area contributed by atoms with Gasteiger partial charge in [0.15, 0.2) is 5.76 Å². The van der Waals surface area contributed by atoms with Gasteiger partial charge >= 0.3 is 0 Å². The molecule has 0 spiro atoms. The Morgan fingerprint density at radius 1 is 1.58 bits per heavy atom. The van der Waals surface area contributed by atoms with Crippen molar-refractivity contribution in [3.8, 4) is 0 Å². The molecule has 12 heavy (non-hydrogen) atoms. The summed E-state index contributed by atoms with van der Waals surface area (Å²) in [6, 6.07) is 1.96. The summed E-state index contributed by atoms with van der Waals surface area (Å²) in [6.45, 7) is 4.15. The summed E-state index contributed by atoms with van der Waals surface area (Å²) in [7, 11) is 0. The van der Waals surface area contributed by atoms with Crippen LogP contribution in [-0.2, 0) is 6.42 Å². The van der Waals surface area contributed by atoms with E-state index in [1.54, 1.807) is 0 Å². The molecule has 0 bridgehead atoms. The standard InChI is InChI=1S/C9H16N2O/c1-3-5-7-6-9(12-11-7)8(10)4-2/h6,8H,3-5,10H2,1-2H3. The first kappa shape index (κ1) is 9.26. The Morgan fingerprint density at radius 2 is 2.33 bits per heavy atom. The number of aryl methyl sites for hydroxylation is 1. The van der Waals surface area contributed by atoms with Gasteiger partial charge in [0.05, 0.1) is 11.7 Å². The third kappa shape index (κ3) is 2.08. The van der Waals surface area contributed by atoms with Crippen molar-refractivity contribution < 1.29 is 4.52 Å². The van der Waals surface area contributed by atoms with E-state index in [4.69, 9.17) is 10.3 Å². The molecule has 0 aliphatic heterocycles. The van der Waals surface area contributed by atoms with Crippen LogP contribution in [0.4, 0.5) is 0 Å². The van der Waals surface area contributed by atoms with Crippen LogP contribution in [-0.4, -0.2) is 5.16 Å². The molecule has 0 radical (unpaired) electrons. The average molecular weight is 168 g/mol. The molecule has 1 rings (SSSR count). The fourth-order valence-electron chi connectivity index (χ4n) is 1.08. The molecule has 1 unspecified atom stereocenters. The molecule has 1 heterocycles. The molecule has 3 nitrogen and oxygen atoms in total. The SMILES string of the molecule is CCCc1cc(C(N)CC)on1. The Labute approximate surface area is 72.9 Å². The lowest BCUT2D eigenvalue weighted by Gasteiger charge is -2.00. The van der Waals surface area contributed by atoms with Crippen LogP contribution in [0, 0.1) is 0 Å². The van der Waals surface area contributed by atoms with Crippen molar-refractivity contribution in [3.63, 3.8) is 0 Å². The normalized spacial score (nSPS) is 13.2. The highest BCUT2D eigenvalue weighted by Gasteiger charge is 2.09. The number of aromatic nitrogens is 1. The Kier molecular flexibility index (Phi) is 3.29. The van der Waals surface area contributed by atoms with Crippen LogP contribution in [0.1, 0.15) is 44.2 Å². The summed E-state index contributed by atoms with van der Waals surface area (Å²) >= 11 is 0. The molecule has 0 amide bonds. The van der Waals surface area contributed by atoms with Gasteiger partial charge in [-0.1, -0.05) is 25.4 Å². The average Bonchev–Trinajstić information content (AvgIpc) is 2.52. The predicted octanol–water partition coefficient (Wildman–Crippen LogP) is 2.04. The van der Waals surface area contributed by atoms with Crippen molar-refractivity contribution in [1.82, 2.24) is 5.16 Å². The molecule has 0 aliphatic carbocycles. The molecule has 0 aromatic carbocycles. The Hall–Kier alpha value is -0.830. The minimum absolute atomic E-state index is 0.00288. The Morgan fingerprint density at radius 3 is 2.92 bits per heavy atom. The van der Waals surface area contributed by atoms with E-state index in [9.17, 15) is 0 Å². The lowest BCUT2D eigenvalue weighted by Crippen LogP contribution is -2.06. The van der Waals surface area contributed by atoms with Crippen LogP contribution in [0.25, 0.3) is 0 Å². The van der Waals surface area contributed by atoms with E-state index >= 15 is 0 Å². The van der Waals surface area contributed by atoms with E-state index in [0.717, 1.165) is 30.7 Å². The molecular weight excluding hydrogens is 152 g/mol. The van der Waals surface area contributed by atoms with E-state index in [1.807, 2.05) is 13.0 Å². The second-order valence-electron chi connectivity index (χ2n) is 2.99. The van der Waals surface area contributed by atoms with Gasteiger partial charge in [0.2, 0.25) is 0 Å². The smallest absolute Gasteiger partial charge is 0.153 e. The fraction of sp³-hybridized carbons (Fsp3) is 0.667. The van der Waals surface area contributed by atoms with E-state index < -0.39 is 0 Å². The summed E-state index contributed by atoms with van der Waals surface area (Å²) in [4.78, 5) is 0. The topological polar surface area (TPSA) is 52.0 Å². The zero-order chi connectivity index (χ0) is 8.97. The van der Waals surface area contributed by atoms with Gasteiger partial charge in [-0.15, -0.1) is 0 Å². The maximum atomic E-state index is 5.77. The summed E-state index contributed by atoms with van der Waals surface area (Å²) in [5.74, 6) is 0.806. The quantitative estimate of drug-likeness (QED) is 0.748. The highest BCUT2D eigenvalue weighted by Crippen LogP contribution is 2.15. The van der Waals surface area contributed by atoms with Crippen LogP contribution in [0.2, 0.25) is 0 Å². The highest BCUT2D eigenvalue weighted by molar-refractivity contribution is 5.08. The number of hydrogen-bond acceptors (Lipinski definition) is 3. The number of rotatable bonds is 4. The molecule has 2 N–H and O–H groups in total. The molecule has 0 saturated heterocycles. The summed E-state index contributed by atoms with van der Waals surface area (Å²) in [6.07, 6.45) is 2.95. The van der Waals surface area contributed by atoms with Gasteiger partial charge < -0.3 is 10.3 Å². The van der Waals surface area contributed by atoms with E-state index in [2.05, 4.69) is 12.1 Å². The van der Waals surface area contributed by atoms with Crippen molar-refractivity contribution in [3.05, 3.63) is 17.5 Å². The molecule has 1 aromatic heterocycles. The zero-order valence-electron chi connectivity index (χ0n) is 7.71. The molecular formula is C9H16N2O. The van der Waals surface area contributed by atoms with Crippen molar-refractivity contribution in [2.24, 2.45) is 5.73 Å². The lowest BCUT2D eigenvalue weighted by molar-refractivity contribution is 0.354. The third-order valence-electron chi connectivity index (χ3n) is 1.89. The molecule has 3 heteroatoms. The van der Waals surface area contributed by atoms with Gasteiger partial charge in [-0.25, -0.2) is 0 Å². The third-order valence-corrected chi connectivity index (χ3v) is 1.89. The lowest BCUT2D eigenvalue weighted by atomic mass is 10.1. The number of nitrogens with zero attached hydrogens (tertiary/aromatic N) is 1. The minimum atomic E-state index is 0.00288. The maximum absolute atomic E-state index is 5.77. The first-order valence-electron chi connectivity index (χ1n) is 4.49. The first-order valence-corrected chi connectivity index (χ1v) is 4.49. The Balaban J connectivity index is 2.63. The van der Waals surface area contributed by atoms with Gasteiger partial charge in [0.1, 0.15) is 0 Å². The van der Waals surface area contributed by atoms with Gasteiger partial charge in [0, 0.05) is 6.07 Å². The largest absolute Gasteiger partial charge is 0.359 e. The highest BCUT2D eigenvalue weighted by atomic mass is 16.5. The van der Waals surface area contributed by atoms with Crippen LogP contribution < -0.4 is 5.73 Å². The summed E-state index contributed by atoms with van der Waals surface area (Å²) < 4.78 is 5.09. The molecule has 1 atom stereocenters.